The summed E-state index contributed by atoms with van der Waals surface area (Å²) < 4.78 is 53.5. The van der Waals surface area contributed by atoms with Gasteiger partial charge in [-0.05, 0) is 25.1 Å². The molecule has 0 aliphatic heterocycles. The van der Waals surface area contributed by atoms with Gasteiger partial charge in [-0.15, -0.1) is 10.2 Å². The Morgan fingerprint density at radius 1 is 1.25 bits per heavy atom. The average molecular weight is 352 g/mol. The molecule has 108 valence electrons. The Kier molecular flexibility index (Phi) is 4.12. The summed E-state index contributed by atoms with van der Waals surface area (Å²) in [6, 6.07) is 2.25. The molecule has 8 heteroatoms. The van der Waals surface area contributed by atoms with Crippen molar-refractivity contribution in [2.45, 2.75) is 25.0 Å². The lowest BCUT2D eigenvalue weighted by atomic mass is 10.1. The Labute approximate surface area is 120 Å². The number of alkyl halides is 4. The smallest absolute Gasteiger partial charge is 0.310 e. The molecule has 0 N–H and O–H groups in total. The van der Waals surface area contributed by atoms with Crippen molar-refractivity contribution in [3.05, 3.63) is 35.4 Å². The molecule has 0 unspecified atom stereocenters. The molecule has 1 heterocycles. The van der Waals surface area contributed by atoms with Crippen LogP contribution in [0.3, 0.4) is 0 Å². The van der Waals surface area contributed by atoms with Gasteiger partial charge < -0.3 is 4.57 Å². The maximum Gasteiger partial charge on any atom is 0.416 e. The molecule has 0 bridgehead atoms. The van der Waals surface area contributed by atoms with Gasteiger partial charge in [0.05, 0.1) is 16.5 Å². The number of hydrogen-bond acceptors (Lipinski definition) is 2. The highest BCUT2D eigenvalue weighted by Crippen LogP contribution is 2.33. The monoisotopic (exact) mass is 351 g/mol. The van der Waals surface area contributed by atoms with Crippen molar-refractivity contribution in [1.82, 2.24) is 14.8 Å². The zero-order valence-electron chi connectivity index (χ0n) is 10.4. The summed E-state index contributed by atoms with van der Waals surface area (Å²) >= 11 is 3.20. The summed E-state index contributed by atoms with van der Waals surface area (Å²) in [6.07, 6.45) is -4.53. The number of nitrogens with zero attached hydrogens (tertiary/aromatic N) is 3. The van der Waals surface area contributed by atoms with Gasteiger partial charge in [0.2, 0.25) is 0 Å². The highest BCUT2D eigenvalue weighted by atomic mass is 79.9. The first kappa shape index (κ1) is 15.0. The van der Waals surface area contributed by atoms with Gasteiger partial charge in [-0.2, -0.15) is 13.2 Å². The normalized spacial score (nSPS) is 11.9. The van der Waals surface area contributed by atoms with E-state index in [0.717, 1.165) is 12.1 Å². The number of hydrogen-bond donors (Lipinski definition) is 0. The Hall–Kier alpha value is -1.44. The van der Waals surface area contributed by atoms with E-state index >= 15 is 0 Å². The summed E-state index contributed by atoms with van der Waals surface area (Å²) in [5.74, 6) is -0.147. The van der Waals surface area contributed by atoms with E-state index in [9.17, 15) is 17.6 Å². The van der Waals surface area contributed by atoms with Crippen molar-refractivity contribution in [2.75, 3.05) is 0 Å². The molecular weight excluding hydrogens is 342 g/mol. The van der Waals surface area contributed by atoms with E-state index in [4.69, 9.17) is 0 Å². The first-order chi connectivity index (χ1) is 9.38. The predicted molar refractivity (Wildman–Crippen MR) is 68.7 cm³/mol. The second-order valence-electron chi connectivity index (χ2n) is 4.01. The van der Waals surface area contributed by atoms with E-state index in [1.54, 1.807) is 11.5 Å². The van der Waals surface area contributed by atoms with Crippen molar-refractivity contribution < 1.29 is 17.6 Å². The topological polar surface area (TPSA) is 30.7 Å². The molecule has 0 aliphatic rings. The van der Waals surface area contributed by atoms with Crippen LogP contribution in [0.4, 0.5) is 17.6 Å². The van der Waals surface area contributed by atoms with Gasteiger partial charge in [-0.3, -0.25) is 0 Å². The fraction of sp³-hybridized carbons (Fsp3) is 0.333. The van der Waals surface area contributed by atoms with Gasteiger partial charge in [0.15, 0.2) is 5.82 Å². The van der Waals surface area contributed by atoms with Crippen LogP contribution >= 0.6 is 15.9 Å². The molecule has 20 heavy (non-hydrogen) atoms. The number of aromatic nitrogens is 3. The molecule has 0 saturated carbocycles. The molecule has 1 aromatic heterocycles. The van der Waals surface area contributed by atoms with Crippen LogP contribution in [0, 0.1) is 5.82 Å². The van der Waals surface area contributed by atoms with E-state index in [0.29, 0.717) is 23.8 Å². The molecule has 1 aromatic carbocycles. The minimum Gasteiger partial charge on any atom is -0.310 e. The van der Waals surface area contributed by atoms with E-state index < -0.39 is 17.6 Å². The molecule has 0 fully saturated rings. The van der Waals surface area contributed by atoms with E-state index in [1.807, 2.05) is 0 Å². The van der Waals surface area contributed by atoms with Crippen molar-refractivity contribution in [1.29, 1.82) is 0 Å². The summed E-state index contributed by atoms with van der Waals surface area (Å²) in [5, 5.41) is 8.00. The maximum atomic E-state index is 13.8. The number of benzene rings is 1. The molecule has 0 amide bonds. The molecule has 2 rings (SSSR count). The molecule has 2 aromatic rings. The lowest BCUT2D eigenvalue weighted by molar-refractivity contribution is -0.137. The maximum absolute atomic E-state index is 13.8. The van der Waals surface area contributed by atoms with Crippen LogP contribution < -0.4 is 0 Å². The fourth-order valence-electron chi connectivity index (χ4n) is 1.84. The summed E-state index contributed by atoms with van der Waals surface area (Å²) in [4.78, 5) is 0. The summed E-state index contributed by atoms with van der Waals surface area (Å²) in [5.41, 5.74) is -1.12. The van der Waals surface area contributed by atoms with Crippen LogP contribution in [-0.2, 0) is 18.1 Å². The minimum absolute atomic E-state index is 0.0885. The van der Waals surface area contributed by atoms with Gasteiger partial charge >= 0.3 is 6.18 Å². The second kappa shape index (κ2) is 5.51. The van der Waals surface area contributed by atoms with Crippen LogP contribution in [0.15, 0.2) is 18.2 Å². The first-order valence-corrected chi connectivity index (χ1v) is 6.85. The zero-order valence-corrected chi connectivity index (χ0v) is 12.0. The molecule has 0 atom stereocenters. The Morgan fingerprint density at radius 2 is 1.95 bits per heavy atom. The van der Waals surface area contributed by atoms with Crippen molar-refractivity contribution in [2.24, 2.45) is 0 Å². The average Bonchev–Trinajstić information content (AvgIpc) is 2.80. The zero-order chi connectivity index (χ0) is 14.9. The minimum atomic E-state index is -4.53. The molecule has 3 nitrogen and oxygen atoms in total. The van der Waals surface area contributed by atoms with E-state index in [2.05, 4.69) is 26.1 Å². The Balaban J connectivity index is 2.60. The Morgan fingerprint density at radius 3 is 2.50 bits per heavy atom. The van der Waals surface area contributed by atoms with Gasteiger partial charge in [-0.25, -0.2) is 4.39 Å². The van der Waals surface area contributed by atoms with Crippen LogP contribution in [-0.4, -0.2) is 14.8 Å². The standard InChI is InChI=1S/C12H10BrF4N3/c1-2-20-10(6-13)18-19-11(20)8-5-7(12(15,16)17)3-4-9(8)14/h3-5H,2,6H2,1H3. The largest absolute Gasteiger partial charge is 0.416 e. The number of rotatable bonds is 3. The molecule has 0 aliphatic carbocycles. The lowest BCUT2D eigenvalue weighted by Gasteiger charge is -2.10. The second-order valence-corrected chi connectivity index (χ2v) is 4.57. The van der Waals surface area contributed by atoms with Gasteiger partial charge in [-0.1, -0.05) is 15.9 Å². The molecule has 0 saturated heterocycles. The van der Waals surface area contributed by atoms with Crippen molar-refractivity contribution in [3.63, 3.8) is 0 Å². The summed E-state index contributed by atoms with van der Waals surface area (Å²) in [7, 11) is 0. The van der Waals surface area contributed by atoms with Gasteiger partial charge in [0, 0.05) is 6.54 Å². The Bertz CT molecular complexity index is 622. The highest BCUT2D eigenvalue weighted by Gasteiger charge is 2.31. The van der Waals surface area contributed by atoms with Gasteiger partial charge in [0.25, 0.3) is 0 Å². The van der Waals surface area contributed by atoms with Crippen molar-refractivity contribution in [3.8, 4) is 11.4 Å². The SMILES string of the molecule is CCn1c(CBr)nnc1-c1cc(C(F)(F)F)ccc1F. The quantitative estimate of drug-likeness (QED) is 0.617. The lowest BCUT2D eigenvalue weighted by Crippen LogP contribution is -2.07. The third-order valence-electron chi connectivity index (χ3n) is 2.80. The van der Waals surface area contributed by atoms with Crippen LogP contribution in [0.1, 0.15) is 18.3 Å². The van der Waals surface area contributed by atoms with Crippen LogP contribution in [0.2, 0.25) is 0 Å². The molecule has 0 spiro atoms. The third-order valence-corrected chi connectivity index (χ3v) is 3.30. The van der Waals surface area contributed by atoms with E-state index in [1.165, 1.54) is 0 Å². The molecular formula is C12H10BrF4N3. The van der Waals surface area contributed by atoms with Crippen LogP contribution in [0.5, 0.6) is 0 Å². The number of halogens is 5. The van der Waals surface area contributed by atoms with Crippen LogP contribution in [0.25, 0.3) is 11.4 Å². The summed E-state index contributed by atoms with van der Waals surface area (Å²) in [6.45, 7) is 2.21. The van der Waals surface area contributed by atoms with Gasteiger partial charge in [0.1, 0.15) is 11.6 Å². The molecule has 0 radical (unpaired) electrons. The first-order valence-electron chi connectivity index (χ1n) is 5.73. The highest BCUT2D eigenvalue weighted by molar-refractivity contribution is 9.08. The third kappa shape index (κ3) is 2.70. The fourth-order valence-corrected chi connectivity index (χ4v) is 2.25. The predicted octanol–water partition coefficient (Wildman–Crippen LogP) is 4.02. The van der Waals surface area contributed by atoms with E-state index in [-0.39, 0.29) is 11.4 Å². The van der Waals surface area contributed by atoms with Crippen molar-refractivity contribution >= 4 is 15.9 Å².